The highest BCUT2D eigenvalue weighted by molar-refractivity contribution is 5.38. The topological polar surface area (TPSA) is 69.9 Å². The van der Waals surface area contributed by atoms with Crippen LogP contribution in [0.4, 0.5) is 0 Å². The van der Waals surface area contributed by atoms with Crippen LogP contribution < -0.4 is 0 Å². The van der Waals surface area contributed by atoms with Gasteiger partial charge in [0.2, 0.25) is 0 Å². The summed E-state index contributed by atoms with van der Waals surface area (Å²) in [7, 11) is 0. The van der Waals surface area contributed by atoms with Crippen LogP contribution in [0.25, 0.3) is 0 Å². The molecule has 0 aliphatic heterocycles. The van der Waals surface area contributed by atoms with E-state index in [0.717, 1.165) is 24.0 Å². The van der Waals surface area contributed by atoms with Crippen molar-refractivity contribution >= 4 is 0 Å². The third-order valence-corrected chi connectivity index (χ3v) is 8.86. The number of fused-ring (bicyclic) bond motifs is 1. The zero-order valence-corrected chi connectivity index (χ0v) is 21.8. The SMILES string of the molecule is C=C1/C(=C/C=C2\CCC[C@]3(COCC#CC(O)(CC)CC)[C@@H](C(C)C)CC[C@@H]23)C[C@@H](O)C[C@@H]1O. The molecule has 190 valence electrons. The number of allylic oxidation sites excluding steroid dienone is 3. The Balaban J connectivity index is 1.78. The van der Waals surface area contributed by atoms with Gasteiger partial charge in [-0.15, -0.1) is 0 Å². The molecule has 0 aromatic heterocycles. The predicted octanol–water partition coefficient (Wildman–Crippen LogP) is 5.33. The summed E-state index contributed by atoms with van der Waals surface area (Å²) >= 11 is 0. The van der Waals surface area contributed by atoms with Crippen LogP contribution in [0.3, 0.4) is 0 Å². The van der Waals surface area contributed by atoms with Gasteiger partial charge in [0.15, 0.2) is 0 Å². The Bertz CT molecular complexity index is 838. The Morgan fingerprint density at radius 2 is 1.94 bits per heavy atom. The second-order valence-corrected chi connectivity index (χ2v) is 11.2. The number of aliphatic hydroxyl groups is 3. The molecule has 4 heteroatoms. The van der Waals surface area contributed by atoms with Crippen molar-refractivity contribution < 1.29 is 20.1 Å². The first-order valence-corrected chi connectivity index (χ1v) is 13.4. The van der Waals surface area contributed by atoms with E-state index in [-0.39, 0.29) is 5.41 Å². The number of rotatable bonds is 7. The fourth-order valence-electron chi connectivity index (χ4n) is 6.75. The molecule has 3 saturated carbocycles. The van der Waals surface area contributed by atoms with Gasteiger partial charge in [0.1, 0.15) is 12.2 Å². The number of aliphatic hydroxyl groups excluding tert-OH is 2. The van der Waals surface area contributed by atoms with Crippen LogP contribution in [0.1, 0.15) is 85.5 Å². The summed E-state index contributed by atoms with van der Waals surface area (Å²) in [6.45, 7) is 13.7. The maximum Gasteiger partial charge on any atom is 0.125 e. The molecular formula is C30H46O4. The Hall–Kier alpha value is -1.38. The summed E-state index contributed by atoms with van der Waals surface area (Å²) in [5, 5.41) is 30.7. The van der Waals surface area contributed by atoms with Gasteiger partial charge in [-0.25, -0.2) is 0 Å². The maximum absolute atomic E-state index is 10.4. The van der Waals surface area contributed by atoms with Crippen molar-refractivity contribution in [2.45, 2.75) is 103 Å². The van der Waals surface area contributed by atoms with Crippen LogP contribution in [0.2, 0.25) is 0 Å². The van der Waals surface area contributed by atoms with E-state index in [2.05, 4.69) is 44.4 Å². The van der Waals surface area contributed by atoms with Crippen LogP contribution >= 0.6 is 0 Å². The van der Waals surface area contributed by atoms with E-state index in [1.807, 2.05) is 13.8 Å². The number of hydrogen-bond donors (Lipinski definition) is 3. The second-order valence-electron chi connectivity index (χ2n) is 11.2. The molecule has 0 amide bonds. The van der Waals surface area contributed by atoms with Gasteiger partial charge in [0, 0.05) is 11.8 Å². The first-order valence-electron chi connectivity index (χ1n) is 13.4. The first kappa shape index (κ1) is 27.2. The molecule has 0 bridgehead atoms. The Labute approximate surface area is 207 Å². The summed E-state index contributed by atoms with van der Waals surface area (Å²) in [5.41, 5.74) is 2.42. The minimum absolute atomic E-state index is 0.132. The molecule has 5 atom stereocenters. The molecule has 3 aliphatic carbocycles. The Kier molecular flexibility index (Phi) is 9.26. The molecule has 0 spiro atoms. The average Bonchev–Trinajstić information content (AvgIpc) is 3.20. The van der Waals surface area contributed by atoms with Gasteiger partial charge >= 0.3 is 0 Å². The number of ether oxygens (including phenoxy) is 1. The molecule has 0 radical (unpaired) electrons. The van der Waals surface area contributed by atoms with Crippen molar-refractivity contribution in [2.24, 2.45) is 23.2 Å². The fraction of sp³-hybridized carbons (Fsp3) is 0.733. The molecule has 3 aliphatic rings. The predicted molar refractivity (Wildman–Crippen MR) is 138 cm³/mol. The number of hydrogen-bond acceptors (Lipinski definition) is 4. The maximum atomic E-state index is 10.4. The summed E-state index contributed by atoms with van der Waals surface area (Å²) in [4.78, 5) is 0. The molecule has 0 heterocycles. The normalized spacial score (nSPS) is 34.4. The van der Waals surface area contributed by atoms with Crippen LogP contribution in [0.5, 0.6) is 0 Å². The summed E-state index contributed by atoms with van der Waals surface area (Å²) < 4.78 is 6.22. The van der Waals surface area contributed by atoms with Crippen molar-refractivity contribution in [3.8, 4) is 11.8 Å². The molecule has 3 fully saturated rings. The minimum Gasteiger partial charge on any atom is -0.393 e. The lowest BCUT2D eigenvalue weighted by Crippen LogP contribution is -2.42. The summed E-state index contributed by atoms with van der Waals surface area (Å²) in [5.74, 6) is 7.81. The molecule has 4 nitrogen and oxygen atoms in total. The van der Waals surface area contributed by atoms with Crippen molar-refractivity contribution in [1.82, 2.24) is 0 Å². The van der Waals surface area contributed by atoms with E-state index in [9.17, 15) is 15.3 Å². The first-order chi connectivity index (χ1) is 16.2. The minimum atomic E-state index is -0.906. The summed E-state index contributed by atoms with van der Waals surface area (Å²) in [6, 6.07) is 0. The van der Waals surface area contributed by atoms with Gasteiger partial charge in [0.05, 0.1) is 18.8 Å². The van der Waals surface area contributed by atoms with Crippen molar-refractivity contribution in [3.63, 3.8) is 0 Å². The van der Waals surface area contributed by atoms with Gasteiger partial charge in [-0.05, 0) is 80.3 Å². The lowest BCUT2D eigenvalue weighted by atomic mass is 9.60. The van der Waals surface area contributed by atoms with Crippen LogP contribution in [-0.2, 0) is 4.74 Å². The van der Waals surface area contributed by atoms with E-state index in [1.54, 1.807) is 0 Å². The molecule has 0 saturated heterocycles. The van der Waals surface area contributed by atoms with E-state index in [4.69, 9.17) is 4.74 Å². The van der Waals surface area contributed by atoms with Gasteiger partial charge in [-0.2, -0.15) is 0 Å². The third-order valence-electron chi connectivity index (χ3n) is 8.86. The summed E-state index contributed by atoms with van der Waals surface area (Å²) in [6.07, 6.45) is 11.2. The van der Waals surface area contributed by atoms with Crippen LogP contribution in [0.15, 0.2) is 35.5 Å². The largest absolute Gasteiger partial charge is 0.393 e. The van der Waals surface area contributed by atoms with Gasteiger partial charge < -0.3 is 20.1 Å². The lowest BCUT2D eigenvalue weighted by molar-refractivity contribution is -0.0181. The average molecular weight is 471 g/mol. The Morgan fingerprint density at radius 1 is 1.21 bits per heavy atom. The highest BCUT2D eigenvalue weighted by Crippen LogP contribution is 2.59. The third kappa shape index (κ3) is 5.88. The zero-order valence-electron chi connectivity index (χ0n) is 21.8. The fourth-order valence-corrected chi connectivity index (χ4v) is 6.75. The quantitative estimate of drug-likeness (QED) is 0.347. The highest BCUT2D eigenvalue weighted by Gasteiger charge is 2.53. The molecular weight excluding hydrogens is 424 g/mol. The van der Waals surface area contributed by atoms with Crippen molar-refractivity contribution in [1.29, 1.82) is 0 Å². The van der Waals surface area contributed by atoms with Gasteiger partial charge in [0.25, 0.3) is 0 Å². The van der Waals surface area contributed by atoms with Crippen molar-refractivity contribution in [2.75, 3.05) is 13.2 Å². The molecule has 3 rings (SSSR count). The molecule has 0 aromatic rings. The Morgan fingerprint density at radius 3 is 2.62 bits per heavy atom. The van der Waals surface area contributed by atoms with E-state index < -0.39 is 17.8 Å². The van der Waals surface area contributed by atoms with E-state index in [0.29, 0.717) is 56.7 Å². The molecule has 34 heavy (non-hydrogen) atoms. The molecule has 3 N–H and O–H groups in total. The standard InChI is InChI=1S/C30H46O4/c1-6-29(33,7-2)15-9-17-34-20-30-16-8-10-23(27(30)14-13-26(30)21(3)4)11-12-24-18-25(31)19-28(32)22(24)5/h11-12,21,25-28,31-33H,5-8,10,13-14,16-20H2,1-4H3/b23-11+,24-12+/t25-,26-,27+,28+,30+/m1/s1. The van der Waals surface area contributed by atoms with Crippen LogP contribution in [0, 0.1) is 35.0 Å². The van der Waals surface area contributed by atoms with Crippen molar-refractivity contribution in [3.05, 3.63) is 35.5 Å². The second kappa shape index (κ2) is 11.6. The highest BCUT2D eigenvalue weighted by atomic mass is 16.5. The zero-order chi connectivity index (χ0) is 24.9. The van der Waals surface area contributed by atoms with E-state index in [1.165, 1.54) is 24.8 Å². The van der Waals surface area contributed by atoms with Gasteiger partial charge in [-0.1, -0.05) is 63.8 Å². The molecule has 0 unspecified atom stereocenters. The lowest BCUT2D eigenvalue weighted by Gasteiger charge is -2.46. The monoisotopic (exact) mass is 470 g/mol. The van der Waals surface area contributed by atoms with Crippen LogP contribution in [-0.4, -0.2) is 46.3 Å². The van der Waals surface area contributed by atoms with Gasteiger partial charge in [-0.3, -0.25) is 0 Å². The molecule has 0 aromatic carbocycles. The van der Waals surface area contributed by atoms with E-state index >= 15 is 0 Å². The smallest absolute Gasteiger partial charge is 0.125 e.